The molecule has 0 fully saturated rings. The number of aromatic amines is 1. The molecule has 0 aromatic carbocycles. The maximum absolute atomic E-state index is 11.5. The van der Waals surface area contributed by atoms with Crippen LogP contribution in [0.3, 0.4) is 0 Å². The van der Waals surface area contributed by atoms with Gasteiger partial charge >= 0.3 is 12.0 Å². The summed E-state index contributed by atoms with van der Waals surface area (Å²) in [4.78, 5) is 30.1. The molecule has 1 aromatic rings. The molecule has 0 spiro atoms. The zero-order valence-electron chi connectivity index (χ0n) is 9.64. The molecule has 1 aromatic heterocycles. The van der Waals surface area contributed by atoms with E-state index in [1.165, 1.54) is 4.90 Å². The van der Waals surface area contributed by atoms with Crippen LogP contribution in [0.25, 0.3) is 0 Å². The van der Waals surface area contributed by atoms with E-state index in [0.29, 0.717) is 13.0 Å². The summed E-state index contributed by atoms with van der Waals surface area (Å²) in [6, 6.07) is -0.280. The quantitative estimate of drug-likeness (QED) is 0.655. The number of H-pyrrole nitrogens is 1. The molecular weight excluding hydrogens is 224 g/mol. The molecule has 7 heteroatoms. The zero-order chi connectivity index (χ0) is 12.7. The third kappa shape index (κ3) is 5.01. The number of nitrogens with one attached hydrogen (secondary N) is 2. The van der Waals surface area contributed by atoms with Crippen LogP contribution in [0.1, 0.15) is 12.2 Å². The van der Waals surface area contributed by atoms with Gasteiger partial charge in [-0.25, -0.2) is 9.78 Å². The molecule has 0 unspecified atom stereocenters. The molecule has 0 radical (unpaired) electrons. The highest BCUT2D eigenvalue weighted by Gasteiger charge is 2.09. The van der Waals surface area contributed by atoms with Crippen LogP contribution in [0.5, 0.6) is 0 Å². The Morgan fingerprint density at radius 3 is 2.94 bits per heavy atom. The van der Waals surface area contributed by atoms with Crippen LogP contribution in [0.2, 0.25) is 0 Å². The minimum atomic E-state index is -0.916. The van der Waals surface area contributed by atoms with Gasteiger partial charge in [-0.15, -0.1) is 0 Å². The van der Waals surface area contributed by atoms with Crippen LogP contribution in [0.4, 0.5) is 4.79 Å². The minimum absolute atomic E-state index is 0.0535. The normalized spacial score (nSPS) is 9.94. The van der Waals surface area contributed by atoms with E-state index in [2.05, 4.69) is 15.3 Å². The van der Waals surface area contributed by atoms with Gasteiger partial charge < -0.3 is 20.3 Å². The number of amides is 2. The van der Waals surface area contributed by atoms with Crippen LogP contribution in [0.15, 0.2) is 12.4 Å². The fourth-order valence-corrected chi connectivity index (χ4v) is 1.22. The predicted molar refractivity (Wildman–Crippen MR) is 60.6 cm³/mol. The van der Waals surface area contributed by atoms with Crippen molar-refractivity contribution in [3.05, 3.63) is 18.2 Å². The minimum Gasteiger partial charge on any atom is -0.481 e. The van der Waals surface area contributed by atoms with Crippen LogP contribution >= 0.6 is 0 Å². The lowest BCUT2D eigenvalue weighted by molar-refractivity contribution is -0.137. The van der Waals surface area contributed by atoms with Crippen molar-refractivity contribution < 1.29 is 14.7 Å². The van der Waals surface area contributed by atoms with Crippen LogP contribution < -0.4 is 5.32 Å². The summed E-state index contributed by atoms with van der Waals surface area (Å²) in [6.45, 7) is 0.658. The fourth-order valence-electron chi connectivity index (χ4n) is 1.22. The van der Waals surface area contributed by atoms with E-state index in [-0.39, 0.29) is 19.0 Å². The highest BCUT2D eigenvalue weighted by Crippen LogP contribution is 1.91. The Bertz CT molecular complexity index is 364. The van der Waals surface area contributed by atoms with Gasteiger partial charge in [0.05, 0.1) is 6.42 Å². The molecule has 2 amide bonds. The number of aromatic nitrogens is 2. The number of hydrogen-bond donors (Lipinski definition) is 3. The van der Waals surface area contributed by atoms with E-state index in [9.17, 15) is 9.59 Å². The van der Waals surface area contributed by atoms with Gasteiger partial charge in [0, 0.05) is 39.0 Å². The lowest BCUT2D eigenvalue weighted by atomic mass is 10.4. The number of urea groups is 1. The van der Waals surface area contributed by atoms with Crippen LogP contribution in [-0.4, -0.2) is 52.1 Å². The predicted octanol–water partition coefficient (Wildman–Crippen LogP) is 0.0683. The van der Waals surface area contributed by atoms with E-state index in [0.717, 1.165) is 5.82 Å². The van der Waals surface area contributed by atoms with Crippen molar-refractivity contribution in [1.29, 1.82) is 0 Å². The molecule has 0 aliphatic rings. The number of carboxylic acids is 1. The van der Waals surface area contributed by atoms with Crippen LogP contribution in [0, 0.1) is 0 Å². The van der Waals surface area contributed by atoms with Crippen molar-refractivity contribution in [3.8, 4) is 0 Å². The van der Waals surface area contributed by atoms with Gasteiger partial charge in [0.1, 0.15) is 5.82 Å². The van der Waals surface area contributed by atoms with Gasteiger partial charge in [-0.2, -0.15) is 0 Å². The zero-order valence-corrected chi connectivity index (χ0v) is 9.64. The first-order valence-electron chi connectivity index (χ1n) is 5.28. The molecule has 0 atom stereocenters. The van der Waals surface area contributed by atoms with Crippen molar-refractivity contribution in [2.45, 2.75) is 12.8 Å². The Morgan fingerprint density at radius 2 is 2.35 bits per heavy atom. The number of carbonyl (C=O) groups excluding carboxylic acids is 1. The van der Waals surface area contributed by atoms with Gasteiger partial charge in [0.2, 0.25) is 0 Å². The molecule has 0 saturated heterocycles. The van der Waals surface area contributed by atoms with Crippen LogP contribution in [-0.2, 0) is 11.2 Å². The molecule has 7 nitrogen and oxygen atoms in total. The van der Waals surface area contributed by atoms with E-state index in [1.54, 1.807) is 19.4 Å². The number of nitrogens with zero attached hydrogens (tertiary/aromatic N) is 2. The molecule has 1 rings (SSSR count). The molecule has 0 saturated carbocycles. The highest BCUT2D eigenvalue weighted by atomic mass is 16.4. The molecular formula is C10H16N4O3. The second kappa shape index (κ2) is 6.51. The Balaban J connectivity index is 2.17. The Morgan fingerprint density at radius 1 is 1.59 bits per heavy atom. The standard InChI is InChI=1S/C10H16N4O3/c1-14(7-3-9(15)16)10(17)13-4-2-8-11-5-6-12-8/h5-6H,2-4,7H2,1H3,(H,11,12)(H,13,17)(H,15,16). The van der Waals surface area contributed by atoms with Gasteiger partial charge in [-0.05, 0) is 0 Å². The second-order valence-corrected chi connectivity index (χ2v) is 3.58. The molecule has 0 aliphatic heterocycles. The SMILES string of the molecule is CN(CCC(=O)O)C(=O)NCCc1ncc[nH]1. The maximum Gasteiger partial charge on any atom is 0.317 e. The van der Waals surface area contributed by atoms with E-state index in [4.69, 9.17) is 5.11 Å². The Labute approximate surface area is 98.8 Å². The van der Waals surface area contributed by atoms with Gasteiger partial charge in [0.15, 0.2) is 0 Å². The summed E-state index contributed by atoms with van der Waals surface area (Å²) in [5.41, 5.74) is 0. The Hall–Kier alpha value is -2.05. The Kier molecular flexibility index (Phi) is 4.99. The van der Waals surface area contributed by atoms with Crippen molar-refractivity contribution in [2.24, 2.45) is 0 Å². The number of imidazole rings is 1. The number of carbonyl (C=O) groups is 2. The first-order chi connectivity index (χ1) is 8.09. The van der Waals surface area contributed by atoms with Crippen molar-refractivity contribution in [1.82, 2.24) is 20.2 Å². The van der Waals surface area contributed by atoms with Crippen molar-refractivity contribution >= 4 is 12.0 Å². The van der Waals surface area contributed by atoms with Crippen molar-refractivity contribution in [3.63, 3.8) is 0 Å². The summed E-state index contributed by atoms with van der Waals surface area (Å²) in [5, 5.41) is 11.2. The smallest absolute Gasteiger partial charge is 0.317 e. The monoisotopic (exact) mass is 240 g/mol. The first-order valence-corrected chi connectivity index (χ1v) is 5.28. The summed E-state index contributed by atoms with van der Waals surface area (Å²) >= 11 is 0. The lowest BCUT2D eigenvalue weighted by Crippen LogP contribution is -2.39. The summed E-state index contributed by atoms with van der Waals surface area (Å²) in [7, 11) is 1.56. The number of carboxylic acid groups (broad SMARTS) is 1. The third-order valence-electron chi connectivity index (χ3n) is 2.20. The fraction of sp³-hybridized carbons (Fsp3) is 0.500. The van der Waals surface area contributed by atoms with Crippen molar-refractivity contribution in [2.75, 3.05) is 20.1 Å². The number of rotatable bonds is 6. The molecule has 0 aliphatic carbocycles. The molecule has 1 heterocycles. The molecule has 94 valence electrons. The largest absolute Gasteiger partial charge is 0.481 e. The van der Waals surface area contributed by atoms with Gasteiger partial charge in [0.25, 0.3) is 0 Å². The topological polar surface area (TPSA) is 98.3 Å². The average molecular weight is 240 g/mol. The summed E-state index contributed by atoms with van der Waals surface area (Å²) in [5.74, 6) is -0.112. The van der Waals surface area contributed by atoms with E-state index >= 15 is 0 Å². The third-order valence-corrected chi connectivity index (χ3v) is 2.20. The lowest BCUT2D eigenvalue weighted by Gasteiger charge is -2.16. The molecule has 3 N–H and O–H groups in total. The van der Waals surface area contributed by atoms with Gasteiger partial charge in [-0.1, -0.05) is 0 Å². The summed E-state index contributed by atoms with van der Waals surface area (Å²) < 4.78 is 0. The van der Waals surface area contributed by atoms with Gasteiger partial charge in [-0.3, -0.25) is 4.79 Å². The second-order valence-electron chi connectivity index (χ2n) is 3.58. The maximum atomic E-state index is 11.5. The molecule has 17 heavy (non-hydrogen) atoms. The van der Waals surface area contributed by atoms with E-state index in [1.807, 2.05) is 0 Å². The summed E-state index contributed by atoms with van der Waals surface area (Å²) in [6.07, 6.45) is 3.93. The highest BCUT2D eigenvalue weighted by molar-refractivity contribution is 5.74. The number of aliphatic carboxylic acids is 1. The molecule has 0 bridgehead atoms. The average Bonchev–Trinajstić information content (AvgIpc) is 2.78. The van der Waals surface area contributed by atoms with E-state index < -0.39 is 5.97 Å². The number of hydrogen-bond acceptors (Lipinski definition) is 3. The first kappa shape index (κ1) is 13.0.